The number of aromatic amines is 1. The third-order valence-corrected chi connectivity index (χ3v) is 4.62. The maximum atomic E-state index is 12.5. The maximum absolute atomic E-state index is 12.5. The molecule has 0 aliphatic heterocycles. The van der Waals surface area contributed by atoms with Gasteiger partial charge in [0.25, 0.3) is 11.5 Å². The van der Waals surface area contributed by atoms with E-state index in [-0.39, 0.29) is 18.1 Å². The van der Waals surface area contributed by atoms with Crippen LogP contribution in [0.3, 0.4) is 0 Å². The highest BCUT2D eigenvalue weighted by molar-refractivity contribution is 5.93. The molecule has 1 N–H and O–H groups in total. The van der Waals surface area contributed by atoms with Crippen LogP contribution in [0.25, 0.3) is 16.9 Å². The zero-order chi connectivity index (χ0) is 22.2. The average Bonchev–Trinajstić information content (AvgIpc) is 3.19. The number of methoxy groups -OCH3 is 1. The SMILES string of the molecule is COCCCN(C)C(=O)c1ccc(-n2cc(-c3ccc(OCC#N)cc3)c(=O)[nH]2)nc1. The molecule has 0 aliphatic carbocycles. The molecule has 1 amide bonds. The summed E-state index contributed by atoms with van der Waals surface area (Å²) in [6.07, 6.45) is 3.89. The van der Waals surface area contributed by atoms with E-state index in [0.29, 0.717) is 41.4 Å². The Morgan fingerprint density at radius 2 is 2.03 bits per heavy atom. The Hall–Kier alpha value is -3.90. The molecule has 9 heteroatoms. The zero-order valence-electron chi connectivity index (χ0n) is 17.4. The molecule has 9 nitrogen and oxygen atoms in total. The van der Waals surface area contributed by atoms with Gasteiger partial charge in [-0.3, -0.25) is 14.7 Å². The van der Waals surface area contributed by atoms with Crippen LogP contribution in [0.5, 0.6) is 5.75 Å². The van der Waals surface area contributed by atoms with Gasteiger partial charge >= 0.3 is 0 Å². The van der Waals surface area contributed by atoms with Crippen LogP contribution >= 0.6 is 0 Å². The number of amides is 1. The molecule has 160 valence electrons. The van der Waals surface area contributed by atoms with E-state index < -0.39 is 0 Å². The van der Waals surface area contributed by atoms with Crippen LogP contribution in [0, 0.1) is 11.3 Å². The van der Waals surface area contributed by atoms with Crippen molar-refractivity contribution in [3.8, 4) is 28.8 Å². The van der Waals surface area contributed by atoms with Crippen LogP contribution < -0.4 is 10.3 Å². The second-order valence-electron chi connectivity index (χ2n) is 6.80. The quantitative estimate of drug-likeness (QED) is 0.530. The molecule has 0 aliphatic rings. The molecule has 3 aromatic rings. The fraction of sp³-hybridized carbons (Fsp3) is 0.273. The standard InChI is InChI=1S/C22H23N5O4/c1-26(11-3-12-30-2)22(29)17-6-9-20(24-14-17)27-15-19(21(28)25-27)16-4-7-18(8-5-16)31-13-10-23/h4-9,14-15H,3,11-13H2,1-2H3,(H,25,28). The molecule has 0 radical (unpaired) electrons. The fourth-order valence-electron chi connectivity index (χ4n) is 2.99. The lowest BCUT2D eigenvalue weighted by Gasteiger charge is -2.16. The summed E-state index contributed by atoms with van der Waals surface area (Å²) >= 11 is 0. The minimum atomic E-state index is -0.273. The highest BCUT2D eigenvalue weighted by atomic mass is 16.5. The molecular formula is C22H23N5O4. The number of nitriles is 1. The summed E-state index contributed by atoms with van der Waals surface area (Å²) in [7, 11) is 3.36. The number of ether oxygens (including phenoxy) is 2. The van der Waals surface area contributed by atoms with Crippen LogP contribution in [-0.2, 0) is 4.74 Å². The molecule has 1 aromatic carbocycles. The molecule has 0 bridgehead atoms. The zero-order valence-corrected chi connectivity index (χ0v) is 17.4. The van der Waals surface area contributed by atoms with E-state index in [9.17, 15) is 9.59 Å². The molecule has 31 heavy (non-hydrogen) atoms. The molecule has 0 saturated carbocycles. The van der Waals surface area contributed by atoms with Gasteiger partial charge in [-0.25, -0.2) is 9.67 Å². The summed E-state index contributed by atoms with van der Waals surface area (Å²) < 4.78 is 11.7. The maximum Gasteiger partial charge on any atom is 0.272 e. The number of hydrogen-bond donors (Lipinski definition) is 1. The Bertz CT molecular complexity index is 1110. The molecule has 0 spiro atoms. The number of carbonyl (C=O) groups excluding carboxylic acids is 1. The number of carbonyl (C=O) groups is 1. The van der Waals surface area contributed by atoms with E-state index in [4.69, 9.17) is 14.7 Å². The lowest BCUT2D eigenvalue weighted by molar-refractivity contribution is 0.0779. The third-order valence-electron chi connectivity index (χ3n) is 4.62. The van der Waals surface area contributed by atoms with Gasteiger partial charge in [0.05, 0.1) is 11.1 Å². The van der Waals surface area contributed by atoms with Gasteiger partial charge < -0.3 is 14.4 Å². The predicted molar refractivity (Wildman–Crippen MR) is 114 cm³/mol. The summed E-state index contributed by atoms with van der Waals surface area (Å²) in [5.74, 6) is 0.904. The first-order chi connectivity index (χ1) is 15.0. The second kappa shape index (κ2) is 10.2. The number of H-pyrrole nitrogens is 1. The van der Waals surface area contributed by atoms with Crippen LogP contribution in [0.15, 0.2) is 53.6 Å². The van der Waals surface area contributed by atoms with E-state index in [2.05, 4.69) is 10.1 Å². The predicted octanol–water partition coefficient (Wildman–Crippen LogP) is 2.24. The number of aromatic nitrogens is 3. The summed E-state index contributed by atoms with van der Waals surface area (Å²) in [6.45, 7) is 1.14. The second-order valence-corrected chi connectivity index (χ2v) is 6.80. The van der Waals surface area contributed by atoms with Crippen molar-refractivity contribution < 1.29 is 14.3 Å². The molecule has 0 saturated heterocycles. The lowest BCUT2D eigenvalue weighted by Crippen LogP contribution is -2.28. The number of rotatable bonds is 9. The van der Waals surface area contributed by atoms with E-state index in [1.807, 2.05) is 6.07 Å². The molecule has 0 fully saturated rings. The van der Waals surface area contributed by atoms with Gasteiger partial charge in [-0.1, -0.05) is 12.1 Å². The minimum absolute atomic E-state index is 0.0383. The topological polar surface area (TPSA) is 113 Å². The number of nitrogens with zero attached hydrogens (tertiary/aromatic N) is 4. The first-order valence-electron chi connectivity index (χ1n) is 9.66. The van der Waals surface area contributed by atoms with Crippen molar-refractivity contribution in [2.24, 2.45) is 0 Å². The Kier molecular flexibility index (Phi) is 7.19. The van der Waals surface area contributed by atoms with Crippen molar-refractivity contribution in [3.63, 3.8) is 0 Å². The summed E-state index contributed by atoms with van der Waals surface area (Å²) in [4.78, 5) is 30.8. The van der Waals surface area contributed by atoms with Gasteiger partial charge in [0.1, 0.15) is 11.8 Å². The van der Waals surface area contributed by atoms with Gasteiger partial charge in [-0.05, 0) is 36.2 Å². The van der Waals surface area contributed by atoms with Gasteiger partial charge in [-0.2, -0.15) is 5.26 Å². The van der Waals surface area contributed by atoms with Gasteiger partial charge in [0, 0.05) is 39.7 Å². The van der Waals surface area contributed by atoms with Crippen molar-refractivity contribution in [1.82, 2.24) is 19.7 Å². The average molecular weight is 421 g/mol. The summed E-state index contributed by atoms with van der Waals surface area (Å²) in [5.41, 5.74) is 1.36. The minimum Gasteiger partial charge on any atom is -0.479 e. The largest absolute Gasteiger partial charge is 0.479 e. The Balaban J connectivity index is 1.73. The monoisotopic (exact) mass is 421 g/mol. The van der Waals surface area contributed by atoms with E-state index in [0.717, 1.165) is 6.42 Å². The van der Waals surface area contributed by atoms with E-state index >= 15 is 0 Å². The fourth-order valence-corrected chi connectivity index (χ4v) is 2.99. The lowest BCUT2D eigenvalue weighted by atomic mass is 10.1. The Labute approximate surface area is 179 Å². The van der Waals surface area contributed by atoms with Crippen molar-refractivity contribution >= 4 is 5.91 Å². The summed E-state index contributed by atoms with van der Waals surface area (Å²) in [6, 6.07) is 12.1. The van der Waals surface area contributed by atoms with Crippen molar-refractivity contribution in [3.05, 3.63) is 64.7 Å². The number of pyridine rings is 1. The molecule has 2 aromatic heterocycles. The first-order valence-corrected chi connectivity index (χ1v) is 9.66. The smallest absolute Gasteiger partial charge is 0.272 e. The van der Waals surface area contributed by atoms with E-state index in [1.54, 1.807) is 61.7 Å². The Morgan fingerprint density at radius 3 is 2.68 bits per heavy atom. The normalized spacial score (nSPS) is 10.5. The number of benzene rings is 1. The number of hydrogen-bond acceptors (Lipinski definition) is 6. The molecule has 3 rings (SSSR count). The van der Waals surface area contributed by atoms with Gasteiger partial charge in [0.15, 0.2) is 12.4 Å². The van der Waals surface area contributed by atoms with Crippen molar-refractivity contribution in [2.45, 2.75) is 6.42 Å². The molecular weight excluding hydrogens is 398 g/mol. The highest BCUT2D eigenvalue weighted by Gasteiger charge is 2.13. The van der Waals surface area contributed by atoms with Crippen molar-refractivity contribution in [1.29, 1.82) is 5.26 Å². The van der Waals surface area contributed by atoms with Gasteiger partial charge in [0.2, 0.25) is 0 Å². The van der Waals surface area contributed by atoms with Crippen LogP contribution in [0.2, 0.25) is 0 Å². The first kappa shape index (κ1) is 21.8. The third kappa shape index (κ3) is 5.38. The summed E-state index contributed by atoms with van der Waals surface area (Å²) in [5, 5.41) is 11.3. The van der Waals surface area contributed by atoms with Gasteiger partial charge in [-0.15, -0.1) is 0 Å². The van der Waals surface area contributed by atoms with E-state index in [1.165, 1.54) is 10.9 Å². The molecule has 0 unspecified atom stereocenters. The molecule has 2 heterocycles. The Morgan fingerprint density at radius 1 is 1.26 bits per heavy atom. The van der Waals surface area contributed by atoms with Crippen molar-refractivity contribution in [2.75, 3.05) is 33.9 Å². The molecule has 0 atom stereocenters. The number of nitrogens with one attached hydrogen (secondary N) is 1. The van der Waals surface area contributed by atoms with Crippen LogP contribution in [-0.4, -0.2) is 59.5 Å². The highest BCUT2D eigenvalue weighted by Crippen LogP contribution is 2.20. The van der Waals surface area contributed by atoms with Crippen LogP contribution in [0.1, 0.15) is 16.8 Å². The van der Waals surface area contributed by atoms with Crippen LogP contribution in [0.4, 0.5) is 0 Å².